The normalized spacial score (nSPS) is 24.7. The molecular weight excluding hydrogens is 230 g/mol. The summed E-state index contributed by atoms with van der Waals surface area (Å²) in [4.78, 5) is 6.77. The minimum atomic E-state index is 0.100. The monoisotopic (exact) mass is 247 g/mol. The van der Waals surface area contributed by atoms with Crippen LogP contribution in [0, 0.1) is 0 Å². The molecule has 1 saturated heterocycles. The van der Waals surface area contributed by atoms with Crippen LogP contribution in [0.1, 0.15) is 12.5 Å². The summed E-state index contributed by atoms with van der Waals surface area (Å²) in [7, 11) is 0. The van der Waals surface area contributed by atoms with Crippen molar-refractivity contribution in [2.45, 2.75) is 12.5 Å². The lowest BCUT2D eigenvalue weighted by molar-refractivity contribution is 0.0657. The molecule has 2 aliphatic rings. The van der Waals surface area contributed by atoms with Crippen LogP contribution >= 0.6 is 0 Å². The highest BCUT2D eigenvalue weighted by atomic mass is 16.5. The molecule has 0 spiro atoms. The van der Waals surface area contributed by atoms with Crippen LogP contribution < -0.4 is 5.73 Å². The highest BCUT2D eigenvalue weighted by Crippen LogP contribution is 2.23. The van der Waals surface area contributed by atoms with Gasteiger partial charge in [0.1, 0.15) is 11.9 Å². The zero-order valence-corrected chi connectivity index (χ0v) is 10.2. The first-order valence-corrected chi connectivity index (χ1v) is 6.18. The quantitative estimate of drug-likeness (QED) is 0.778. The molecular formula is C12H17N5O. The van der Waals surface area contributed by atoms with Crippen LogP contribution in [0.3, 0.4) is 0 Å². The molecule has 6 nitrogen and oxygen atoms in total. The van der Waals surface area contributed by atoms with Crippen molar-refractivity contribution in [2.24, 2.45) is 10.7 Å². The van der Waals surface area contributed by atoms with E-state index in [1.54, 1.807) is 12.4 Å². The molecule has 0 bridgehead atoms. The molecule has 18 heavy (non-hydrogen) atoms. The van der Waals surface area contributed by atoms with E-state index in [0.29, 0.717) is 0 Å². The van der Waals surface area contributed by atoms with Gasteiger partial charge in [-0.3, -0.25) is 4.68 Å². The maximum absolute atomic E-state index is 5.89. The lowest BCUT2D eigenvalue weighted by Crippen LogP contribution is -2.45. The number of hydrogen-bond acceptors (Lipinski definition) is 5. The molecule has 0 radical (unpaired) electrons. The molecule has 1 aromatic heterocycles. The van der Waals surface area contributed by atoms with Crippen molar-refractivity contribution in [1.82, 2.24) is 14.7 Å². The molecule has 0 aliphatic carbocycles. The van der Waals surface area contributed by atoms with Crippen LogP contribution in [-0.2, 0) is 4.74 Å². The smallest absolute Gasteiger partial charge is 0.130 e. The highest BCUT2D eigenvalue weighted by molar-refractivity contribution is 5.87. The second-order valence-corrected chi connectivity index (χ2v) is 4.50. The Hall–Kier alpha value is -1.82. The summed E-state index contributed by atoms with van der Waals surface area (Å²) in [6, 6.07) is 2.02. The third-order valence-electron chi connectivity index (χ3n) is 3.27. The van der Waals surface area contributed by atoms with Crippen molar-refractivity contribution in [3.63, 3.8) is 0 Å². The number of nitrogens with zero attached hydrogens (tertiary/aromatic N) is 4. The number of allylic oxidation sites excluding steroid dienone is 1. The van der Waals surface area contributed by atoms with Gasteiger partial charge in [0, 0.05) is 43.8 Å². The van der Waals surface area contributed by atoms with Gasteiger partial charge in [0.25, 0.3) is 0 Å². The van der Waals surface area contributed by atoms with Crippen LogP contribution in [0.15, 0.2) is 35.3 Å². The lowest BCUT2D eigenvalue weighted by atomic mass is 10.1. The molecule has 0 aromatic carbocycles. The van der Waals surface area contributed by atoms with E-state index in [0.717, 1.165) is 44.3 Å². The number of rotatable bonds is 1. The third kappa shape index (κ3) is 2.11. The molecule has 2 N–H and O–H groups in total. The third-order valence-corrected chi connectivity index (χ3v) is 3.27. The van der Waals surface area contributed by atoms with Crippen LogP contribution in [-0.4, -0.2) is 46.8 Å². The summed E-state index contributed by atoms with van der Waals surface area (Å²) in [5, 5.41) is 4.31. The van der Waals surface area contributed by atoms with E-state index < -0.39 is 0 Å². The average Bonchev–Trinajstić information content (AvgIpc) is 2.93. The van der Waals surface area contributed by atoms with Gasteiger partial charge in [-0.2, -0.15) is 5.10 Å². The maximum Gasteiger partial charge on any atom is 0.130 e. The van der Waals surface area contributed by atoms with Gasteiger partial charge >= 0.3 is 0 Å². The summed E-state index contributed by atoms with van der Waals surface area (Å²) in [5.74, 6) is 1.04. The van der Waals surface area contributed by atoms with E-state index in [1.807, 2.05) is 16.9 Å². The van der Waals surface area contributed by atoms with Crippen LogP contribution in [0.2, 0.25) is 0 Å². The summed E-state index contributed by atoms with van der Waals surface area (Å²) in [6.45, 7) is 3.27. The molecule has 1 unspecified atom stereocenters. The Bertz CT molecular complexity index is 459. The fraction of sp³-hybridized carbons (Fsp3) is 0.500. The Labute approximate surface area is 106 Å². The molecule has 2 aliphatic heterocycles. The van der Waals surface area contributed by atoms with E-state index in [2.05, 4.69) is 15.0 Å². The number of aliphatic imine (C=N–C) groups is 1. The average molecular weight is 247 g/mol. The molecule has 96 valence electrons. The maximum atomic E-state index is 5.89. The van der Waals surface area contributed by atoms with Crippen LogP contribution in [0.5, 0.6) is 0 Å². The predicted octanol–water partition coefficient (Wildman–Crippen LogP) is 0.359. The number of hydrogen-bond donors (Lipinski definition) is 1. The van der Waals surface area contributed by atoms with Crippen molar-refractivity contribution in [1.29, 1.82) is 0 Å². The van der Waals surface area contributed by atoms with Crippen molar-refractivity contribution in [2.75, 3.05) is 26.3 Å². The Morgan fingerprint density at radius 2 is 2.17 bits per heavy atom. The summed E-state index contributed by atoms with van der Waals surface area (Å²) in [5.41, 5.74) is 6.69. The Morgan fingerprint density at radius 1 is 1.33 bits per heavy atom. The number of nitrogens with two attached hydrogens (primary N) is 1. The van der Waals surface area contributed by atoms with E-state index in [4.69, 9.17) is 10.5 Å². The zero-order chi connectivity index (χ0) is 12.4. The number of amidine groups is 1. The minimum Gasteiger partial charge on any atom is -0.401 e. The fourth-order valence-corrected chi connectivity index (χ4v) is 2.36. The predicted molar refractivity (Wildman–Crippen MR) is 68.0 cm³/mol. The van der Waals surface area contributed by atoms with Gasteiger partial charge < -0.3 is 15.4 Å². The largest absolute Gasteiger partial charge is 0.401 e. The van der Waals surface area contributed by atoms with Gasteiger partial charge in [0.15, 0.2) is 0 Å². The topological polar surface area (TPSA) is 68.7 Å². The molecule has 1 aromatic rings. The van der Waals surface area contributed by atoms with E-state index >= 15 is 0 Å². The van der Waals surface area contributed by atoms with Gasteiger partial charge in [-0.25, -0.2) is 4.99 Å². The molecule has 3 rings (SSSR count). The zero-order valence-electron chi connectivity index (χ0n) is 10.2. The first-order chi connectivity index (χ1) is 8.84. The first-order valence-electron chi connectivity index (χ1n) is 6.18. The van der Waals surface area contributed by atoms with Gasteiger partial charge in [-0.15, -0.1) is 0 Å². The SMILES string of the molecule is NC1=CN=C(N2CCOCC2)C(n2cccn2)C1. The van der Waals surface area contributed by atoms with Crippen molar-refractivity contribution in [3.05, 3.63) is 30.4 Å². The van der Waals surface area contributed by atoms with Gasteiger partial charge in [0.2, 0.25) is 0 Å². The van der Waals surface area contributed by atoms with Crippen molar-refractivity contribution < 1.29 is 4.74 Å². The molecule has 0 saturated carbocycles. The fourth-order valence-electron chi connectivity index (χ4n) is 2.36. The lowest BCUT2D eigenvalue weighted by Gasteiger charge is -2.35. The number of aromatic nitrogens is 2. The van der Waals surface area contributed by atoms with Crippen molar-refractivity contribution in [3.8, 4) is 0 Å². The number of morpholine rings is 1. The number of ether oxygens (including phenoxy) is 1. The van der Waals surface area contributed by atoms with E-state index in [1.165, 1.54) is 0 Å². The Morgan fingerprint density at radius 3 is 2.89 bits per heavy atom. The second kappa shape index (κ2) is 4.81. The van der Waals surface area contributed by atoms with Gasteiger partial charge in [-0.05, 0) is 6.07 Å². The van der Waals surface area contributed by atoms with Crippen LogP contribution in [0.25, 0.3) is 0 Å². The molecule has 1 atom stereocenters. The minimum absolute atomic E-state index is 0.100. The first kappa shape index (κ1) is 11.3. The van der Waals surface area contributed by atoms with E-state index in [9.17, 15) is 0 Å². The van der Waals surface area contributed by atoms with E-state index in [-0.39, 0.29) is 6.04 Å². The van der Waals surface area contributed by atoms with Gasteiger partial charge in [-0.1, -0.05) is 0 Å². The summed E-state index contributed by atoms with van der Waals surface area (Å²) < 4.78 is 7.30. The van der Waals surface area contributed by atoms with Crippen molar-refractivity contribution >= 4 is 5.84 Å². The standard InChI is InChI=1S/C12H17N5O/c13-10-8-11(17-3-1-2-15-17)12(14-9-10)16-4-6-18-7-5-16/h1-3,9,11H,4-8,13H2. The molecule has 0 amide bonds. The molecule has 1 fully saturated rings. The molecule has 6 heteroatoms. The summed E-state index contributed by atoms with van der Waals surface area (Å²) >= 11 is 0. The van der Waals surface area contributed by atoms with Gasteiger partial charge in [0.05, 0.1) is 13.2 Å². The highest BCUT2D eigenvalue weighted by Gasteiger charge is 2.27. The Balaban J connectivity index is 1.87. The van der Waals surface area contributed by atoms with Crippen LogP contribution in [0.4, 0.5) is 0 Å². The Kier molecular flexibility index (Phi) is 3.02. The summed E-state index contributed by atoms with van der Waals surface area (Å²) in [6.07, 6.45) is 6.26. The molecule has 3 heterocycles. The second-order valence-electron chi connectivity index (χ2n) is 4.50.